The van der Waals surface area contributed by atoms with Gasteiger partial charge in [0.1, 0.15) is 5.03 Å². The summed E-state index contributed by atoms with van der Waals surface area (Å²) >= 11 is 1.35. The zero-order valence-electron chi connectivity index (χ0n) is 18.0. The van der Waals surface area contributed by atoms with Crippen LogP contribution in [0.25, 0.3) is 22.6 Å². The molecule has 33 heavy (non-hydrogen) atoms. The van der Waals surface area contributed by atoms with Gasteiger partial charge in [-0.05, 0) is 42.2 Å². The molecule has 0 amide bonds. The molecule has 2 heterocycles. The van der Waals surface area contributed by atoms with Gasteiger partial charge in [0.2, 0.25) is 11.7 Å². The Morgan fingerprint density at radius 3 is 2.39 bits per heavy atom. The number of hydrogen-bond acceptors (Lipinski definition) is 6. The highest BCUT2D eigenvalue weighted by atomic mass is 32.2. The molecule has 0 unspecified atom stereocenters. The predicted molar refractivity (Wildman–Crippen MR) is 120 cm³/mol. The van der Waals surface area contributed by atoms with Crippen LogP contribution in [-0.2, 0) is 18.3 Å². The lowest BCUT2D eigenvalue weighted by Gasteiger charge is -2.06. The molecule has 0 spiro atoms. The van der Waals surface area contributed by atoms with Crippen LogP contribution in [0.1, 0.15) is 30.9 Å². The molecule has 0 aliphatic rings. The van der Waals surface area contributed by atoms with Crippen LogP contribution in [-0.4, -0.2) is 20.3 Å². The van der Waals surface area contributed by atoms with Crippen molar-refractivity contribution in [1.29, 1.82) is 0 Å². The Balaban J connectivity index is 1.38. The summed E-state index contributed by atoms with van der Waals surface area (Å²) in [7, 11) is 0. The minimum Gasteiger partial charge on any atom is -0.338 e. The zero-order valence-corrected chi connectivity index (χ0v) is 18.8. The van der Waals surface area contributed by atoms with Crippen molar-refractivity contribution in [3.8, 4) is 22.6 Å². The number of benzene rings is 2. The normalized spacial score (nSPS) is 11.8. The predicted octanol–water partition coefficient (Wildman–Crippen LogP) is 6.70. The van der Waals surface area contributed by atoms with Crippen molar-refractivity contribution >= 4 is 11.8 Å². The van der Waals surface area contributed by atoms with Gasteiger partial charge in [-0.3, -0.25) is 0 Å². The Labute approximate surface area is 193 Å². The minimum atomic E-state index is -4.43. The molecule has 0 atom stereocenters. The fourth-order valence-electron chi connectivity index (χ4n) is 3.24. The average molecular weight is 471 g/mol. The van der Waals surface area contributed by atoms with E-state index in [1.807, 2.05) is 24.3 Å². The highest BCUT2D eigenvalue weighted by Crippen LogP contribution is 2.32. The Morgan fingerprint density at radius 2 is 1.73 bits per heavy atom. The first-order valence-corrected chi connectivity index (χ1v) is 11.3. The van der Waals surface area contributed by atoms with Gasteiger partial charge in [-0.15, -0.1) is 10.2 Å². The molecule has 4 aromatic rings. The van der Waals surface area contributed by atoms with Crippen LogP contribution in [0, 0.1) is 5.92 Å². The average Bonchev–Trinajstić information content (AvgIpc) is 3.27. The molecule has 0 bridgehead atoms. The van der Waals surface area contributed by atoms with Crippen LogP contribution >= 0.6 is 11.8 Å². The minimum absolute atomic E-state index is 0.110. The van der Waals surface area contributed by atoms with Crippen molar-refractivity contribution in [2.24, 2.45) is 5.92 Å². The third-order valence-corrected chi connectivity index (χ3v) is 5.70. The summed E-state index contributed by atoms with van der Waals surface area (Å²) in [6.07, 6.45) is -3.40. The van der Waals surface area contributed by atoms with Crippen molar-refractivity contribution in [3.05, 3.63) is 77.7 Å². The fourth-order valence-corrected chi connectivity index (χ4v) is 3.89. The molecule has 170 valence electrons. The lowest BCUT2D eigenvalue weighted by molar-refractivity contribution is -0.137. The molecule has 0 aliphatic heterocycles. The van der Waals surface area contributed by atoms with Crippen LogP contribution in [0.4, 0.5) is 13.2 Å². The maximum Gasteiger partial charge on any atom is 0.416 e. The van der Waals surface area contributed by atoms with Crippen LogP contribution in [0.2, 0.25) is 0 Å². The van der Waals surface area contributed by atoms with E-state index in [0.717, 1.165) is 29.8 Å². The number of aromatic nitrogens is 4. The maximum atomic E-state index is 12.9. The molecule has 5 nitrogen and oxygen atoms in total. The second kappa shape index (κ2) is 9.74. The quantitative estimate of drug-likeness (QED) is 0.280. The molecule has 0 saturated heterocycles. The highest BCUT2D eigenvalue weighted by Gasteiger charge is 2.30. The van der Waals surface area contributed by atoms with E-state index < -0.39 is 11.7 Å². The molecule has 0 N–H and O–H groups in total. The van der Waals surface area contributed by atoms with Gasteiger partial charge in [0.25, 0.3) is 0 Å². The molecular formula is C24H21F3N4OS. The number of rotatable bonds is 7. The molecule has 0 aliphatic carbocycles. The standard InChI is InChI=1S/C24H21F3N4OS/c1-15(2)12-16-6-8-17(9-7-16)20-10-11-22(30-29-20)33-14-21-28-23(31-32-21)18-4-3-5-19(13-18)24(25,26)27/h3-11,13,15H,12,14H2,1-2H3. The van der Waals surface area contributed by atoms with Crippen LogP contribution in [0.5, 0.6) is 0 Å². The summed E-state index contributed by atoms with van der Waals surface area (Å²) in [4.78, 5) is 4.20. The third-order valence-electron chi connectivity index (χ3n) is 4.79. The lowest BCUT2D eigenvalue weighted by atomic mass is 10.0. The first-order chi connectivity index (χ1) is 15.8. The number of hydrogen-bond donors (Lipinski definition) is 0. The van der Waals surface area contributed by atoms with E-state index in [1.54, 1.807) is 0 Å². The summed E-state index contributed by atoms with van der Waals surface area (Å²) in [6, 6.07) is 16.9. The molecule has 0 saturated carbocycles. The largest absolute Gasteiger partial charge is 0.416 e. The molecule has 2 aromatic heterocycles. The van der Waals surface area contributed by atoms with Crippen molar-refractivity contribution in [3.63, 3.8) is 0 Å². The Hall–Kier alpha value is -3.20. The van der Waals surface area contributed by atoms with E-state index in [1.165, 1.54) is 29.5 Å². The molecular weight excluding hydrogens is 449 g/mol. The smallest absolute Gasteiger partial charge is 0.338 e. The Morgan fingerprint density at radius 1 is 0.939 bits per heavy atom. The van der Waals surface area contributed by atoms with Crippen molar-refractivity contribution < 1.29 is 17.7 Å². The molecule has 0 fully saturated rings. The van der Waals surface area contributed by atoms with E-state index >= 15 is 0 Å². The Bertz CT molecular complexity index is 1210. The highest BCUT2D eigenvalue weighted by molar-refractivity contribution is 7.98. The first kappa shape index (κ1) is 23.0. The van der Waals surface area contributed by atoms with Gasteiger partial charge in [0.05, 0.1) is 17.0 Å². The summed E-state index contributed by atoms with van der Waals surface area (Å²) in [6.45, 7) is 4.38. The van der Waals surface area contributed by atoms with Gasteiger partial charge < -0.3 is 4.52 Å². The maximum absolute atomic E-state index is 12.9. The zero-order chi connectivity index (χ0) is 23.4. The van der Waals surface area contributed by atoms with Gasteiger partial charge in [0.15, 0.2) is 0 Å². The van der Waals surface area contributed by atoms with Gasteiger partial charge >= 0.3 is 6.18 Å². The molecule has 4 rings (SSSR count). The van der Waals surface area contributed by atoms with Crippen molar-refractivity contribution in [1.82, 2.24) is 20.3 Å². The molecule has 9 heteroatoms. The molecule has 2 aromatic carbocycles. The summed E-state index contributed by atoms with van der Waals surface area (Å²) < 4.78 is 43.9. The lowest BCUT2D eigenvalue weighted by Crippen LogP contribution is -2.04. The van der Waals surface area contributed by atoms with Crippen molar-refractivity contribution in [2.75, 3.05) is 0 Å². The summed E-state index contributed by atoms with van der Waals surface area (Å²) in [5.74, 6) is 1.33. The summed E-state index contributed by atoms with van der Waals surface area (Å²) in [5.41, 5.74) is 2.55. The number of nitrogens with zero attached hydrogens (tertiary/aromatic N) is 4. The number of alkyl halides is 3. The van der Waals surface area contributed by atoms with Crippen LogP contribution in [0.3, 0.4) is 0 Å². The van der Waals surface area contributed by atoms with E-state index in [2.05, 4.69) is 46.3 Å². The van der Waals surface area contributed by atoms with Gasteiger partial charge in [-0.25, -0.2) is 0 Å². The van der Waals surface area contributed by atoms with Gasteiger partial charge in [-0.2, -0.15) is 18.2 Å². The SMILES string of the molecule is CC(C)Cc1ccc(-c2ccc(SCc3nc(-c4cccc(C(F)(F)F)c4)no3)nn2)cc1. The van der Waals surface area contributed by atoms with E-state index in [0.29, 0.717) is 22.6 Å². The third kappa shape index (κ3) is 5.98. The molecule has 0 radical (unpaired) electrons. The summed E-state index contributed by atoms with van der Waals surface area (Å²) in [5, 5.41) is 13.0. The van der Waals surface area contributed by atoms with Crippen LogP contribution in [0.15, 0.2) is 70.2 Å². The Kier molecular flexibility index (Phi) is 6.78. The van der Waals surface area contributed by atoms with Crippen molar-refractivity contribution in [2.45, 2.75) is 37.2 Å². The van der Waals surface area contributed by atoms with E-state index in [9.17, 15) is 13.2 Å². The topological polar surface area (TPSA) is 64.7 Å². The second-order valence-corrected chi connectivity index (χ2v) is 8.93. The first-order valence-electron chi connectivity index (χ1n) is 10.3. The van der Waals surface area contributed by atoms with Gasteiger partial charge in [0, 0.05) is 11.1 Å². The van der Waals surface area contributed by atoms with E-state index in [-0.39, 0.29) is 11.4 Å². The number of halogens is 3. The van der Waals surface area contributed by atoms with Crippen LogP contribution < -0.4 is 0 Å². The second-order valence-electron chi connectivity index (χ2n) is 7.93. The van der Waals surface area contributed by atoms with Gasteiger partial charge in [-0.1, -0.05) is 67.2 Å². The monoisotopic (exact) mass is 470 g/mol. The number of thioether (sulfide) groups is 1. The van der Waals surface area contributed by atoms with E-state index in [4.69, 9.17) is 4.52 Å². The fraction of sp³-hybridized carbons (Fsp3) is 0.250.